The maximum absolute atomic E-state index is 11.7. The van der Waals surface area contributed by atoms with Crippen LogP contribution in [-0.4, -0.2) is 34.4 Å². The minimum absolute atomic E-state index is 0.000852. The number of aliphatic hydroxyl groups is 1. The van der Waals surface area contributed by atoms with Crippen molar-refractivity contribution < 1.29 is 9.90 Å². The summed E-state index contributed by atoms with van der Waals surface area (Å²) in [5, 5.41) is 9.58. The topological polar surface area (TPSA) is 40.5 Å². The summed E-state index contributed by atoms with van der Waals surface area (Å²) in [5.41, 5.74) is 1.08. The van der Waals surface area contributed by atoms with Crippen molar-refractivity contribution >= 4 is 21.8 Å². The first kappa shape index (κ1) is 13.2. The molecule has 88 valence electrons. The first-order chi connectivity index (χ1) is 7.77. The van der Waals surface area contributed by atoms with Crippen LogP contribution in [0, 0.1) is 0 Å². The Morgan fingerprint density at radius 2 is 2.00 bits per heavy atom. The van der Waals surface area contributed by atoms with Crippen LogP contribution in [0.5, 0.6) is 0 Å². The fourth-order valence-electron chi connectivity index (χ4n) is 1.46. The van der Waals surface area contributed by atoms with Gasteiger partial charge in [-0.05, 0) is 5.56 Å². The number of halogens is 1. The molecule has 0 bridgehead atoms. The third-order valence-electron chi connectivity index (χ3n) is 2.25. The Morgan fingerprint density at radius 1 is 1.31 bits per heavy atom. The Kier molecular flexibility index (Phi) is 6.11. The predicted octanol–water partition coefficient (Wildman–Crippen LogP) is 1.79. The van der Waals surface area contributed by atoms with E-state index in [9.17, 15) is 4.79 Å². The maximum Gasteiger partial charge on any atom is 0.223 e. The molecule has 0 aliphatic rings. The molecule has 1 aromatic carbocycles. The largest absolute Gasteiger partial charge is 0.395 e. The van der Waals surface area contributed by atoms with Gasteiger partial charge in [-0.3, -0.25) is 4.79 Å². The first-order valence-electron chi connectivity index (χ1n) is 5.26. The summed E-state index contributed by atoms with van der Waals surface area (Å²) in [4.78, 5) is 13.4. The van der Waals surface area contributed by atoms with Crippen LogP contribution in [0.2, 0.25) is 0 Å². The molecule has 1 N–H and O–H groups in total. The summed E-state index contributed by atoms with van der Waals surface area (Å²) < 4.78 is 0. The second-order valence-electron chi connectivity index (χ2n) is 3.46. The minimum atomic E-state index is 0.000852. The number of hydrogen-bond donors (Lipinski definition) is 1. The van der Waals surface area contributed by atoms with E-state index < -0.39 is 0 Å². The fourth-order valence-corrected chi connectivity index (χ4v) is 1.79. The molecule has 0 spiro atoms. The van der Waals surface area contributed by atoms with E-state index in [1.165, 1.54) is 0 Å². The van der Waals surface area contributed by atoms with Gasteiger partial charge in [0.1, 0.15) is 0 Å². The van der Waals surface area contributed by atoms with E-state index >= 15 is 0 Å². The zero-order valence-corrected chi connectivity index (χ0v) is 10.7. The molecule has 4 heteroatoms. The van der Waals surface area contributed by atoms with Crippen molar-refractivity contribution in [3.8, 4) is 0 Å². The van der Waals surface area contributed by atoms with E-state index in [4.69, 9.17) is 5.11 Å². The van der Waals surface area contributed by atoms with Gasteiger partial charge in [-0.2, -0.15) is 0 Å². The maximum atomic E-state index is 11.7. The van der Waals surface area contributed by atoms with Gasteiger partial charge in [0.15, 0.2) is 0 Å². The smallest absolute Gasteiger partial charge is 0.223 e. The number of hydrogen-bond acceptors (Lipinski definition) is 2. The quantitative estimate of drug-likeness (QED) is 0.810. The molecular formula is C12H16BrNO2. The van der Waals surface area contributed by atoms with Gasteiger partial charge in [-0.1, -0.05) is 46.3 Å². The SMILES string of the molecule is O=C(CCBr)N(CCO)Cc1ccccc1. The first-order valence-corrected chi connectivity index (χ1v) is 6.38. The Hall–Kier alpha value is -0.870. The van der Waals surface area contributed by atoms with Crippen molar-refractivity contribution in [1.82, 2.24) is 4.90 Å². The molecule has 0 saturated heterocycles. The number of benzene rings is 1. The Labute approximate surface area is 104 Å². The van der Waals surface area contributed by atoms with E-state index in [1.54, 1.807) is 4.90 Å². The second kappa shape index (κ2) is 7.41. The summed E-state index contributed by atoms with van der Waals surface area (Å²) in [6, 6.07) is 9.79. The number of carbonyl (C=O) groups excluding carboxylic acids is 1. The van der Waals surface area contributed by atoms with Crippen molar-refractivity contribution in [1.29, 1.82) is 0 Å². The minimum Gasteiger partial charge on any atom is -0.395 e. The van der Waals surface area contributed by atoms with Crippen LogP contribution in [-0.2, 0) is 11.3 Å². The lowest BCUT2D eigenvalue weighted by Gasteiger charge is -2.21. The van der Waals surface area contributed by atoms with Gasteiger partial charge in [0.2, 0.25) is 5.91 Å². The lowest BCUT2D eigenvalue weighted by Crippen LogP contribution is -2.33. The molecule has 3 nitrogen and oxygen atoms in total. The zero-order valence-electron chi connectivity index (χ0n) is 9.10. The zero-order chi connectivity index (χ0) is 11.8. The van der Waals surface area contributed by atoms with Crippen LogP contribution in [0.1, 0.15) is 12.0 Å². The van der Waals surface area contributed by atoms with Crippen LogP contribution < -0.4 is 0 Å². The van der Waals surface area contributed by atoms with Gasteiger partial charge in [-0.15, -0.1) is 0 Å². The molecule has 0 atom stereocenters. The summed E-state index contributed by atoms with van der Waals surface area (Å²) in [7, 11) is 0. The molecule has 1 aromatic rings. The Morgan fingerprint density at radius 3 is 2.56 bits per heavy atom. The molecule has 1 rings (SSSR count). The van der Waals surface area contributed by atoms with Gasteiger partial charge < -0.3 is 10.0 Å². The molecule has 16 heavy (non-hydrogen) atoms. The van der Waals surface area contributed by atoms with Gasteiger partial charge >= 0.3 is 0 Å². The van der Waals surface area contributed by atoms with Crippen LogP contribution in [0.25, 0.3) is 0 Å². The molecular weight excluding hydrogens is 270 g/mol. The van der Waals surface area contributed by atoms with Crippen LogP contribution in [0.4, 0.5) is 0 Å². The van der Waals surface area contributed by atoms with E-state index in [0.29, 0.717) is 24.8 Å². The van der Waals surface area contributed by atoms with Crippen LogP contribution >= 0.6 is 15.9 Å². The number of nitrogens with zero attached hydrogens (tertiary/aromatic N) is 1. The molecule has 0 aromatic heterocycles. The summed E-state index contributed by atoms with van der Waals surface area (Å²) in [6.45, 7) is 0.953. The number of aliphatic hydroxyl groups excluding tert-OH is 1. The highest BCUT2D eigenvalue weighted by Crippen LogP contribution is 2.06. The van der Waals surface area contributed by atoms with E-state index in [-0.39, 0.29) is 12.5 Å². The number of amides is 1. The van der Waals surface area contributed by atoms with Gasteiger partial charge in [0.05, 0.1) is 6.61 Å². The van der Waals surface area contributed by atoms with Crippen molar-refractivity contribution in [2.75, 3.05) is 18.5 Å². The molecule has 0 radical (unpaired) electrons. The van der Waals surface area contributed by atoms with Crippen LogP contribution in [0.3, 0.4) is 0 Å². The summed E-state index contributed by atoms with van der Waals surface area (Å²) in [5.74, 6) is 0.0646. The monoisotopic (exact) mass is 285 g/mol. The molecule has 0 fully saturated rings. The molecule has 0 heterocycles. The number of alkyl halides is 1. The average molecular weight is 286 g/mol. The van der Waals surface area contributed by atoms with Crippen LogP contribution in [0.15, 0.2) is 30.3 Å². The van der Waals surface area contributed by atoms with E-state index in [0.717, 1.165) is 5.56 Å². The normalized spacial score (nSPS) is 10.1. The van der Waals surface area contributed by atoms with E-state index in [2.05, 4.69) is 15.9 Å². The molecule has 0 unspecified atom stereocenters. The molecule has 0 aliphatic carbocycles. The standard InChI is InChI=1S/C12H16BrNO2/c13-7-6-12(16)14(8-9-15)10-11-4-2-1-3-5-11/h1-5,15H,6-10H2. The highest BCUT2D eigenvalue weighted by molar-refractivity contribution is 9.09. The highest BCUT2D eigenvalue weighted by atomic mass is 79.9. The lowest BCUT2D eigenvalue weighted by atomic mass is 10.2. The lowest BCUT2D eigenvalue weighted by molar-refractivity contribution is -0.131. The van der Waals surface area contributed by atoms with Gasteiger partial charge in [0, 0.05) is 24.8 Å². The summed E-state index contributed by atoms with van der Waals surface area (Å²) in [6.07, 6.45) is 0.465. The molecule has 0 aliphatic heterocycles. The third-order valence-corrected chi connectivity index (χ3v) is 2.64. The Balaban J connectivity index is 2.60. The molecule has 1 amide bonds. The fraction of sp³-hybridized carbons (Fsp3) is 0.417. The van der Waals surface area contributed by atoms with Crippen molar-refractivity contribution in [2.24, 2.45) is 0 Å². The third kappa shape index (κ3) is 4.33. The predicted molar refractivity (Wildman–Crippen MR) is 67.4 cm³/mol. The highest BCUT2D eigenvalue weighted by Gasteiger charge is 2.12. The Bertz CT molecular complexity index is 316. The number of carbonyl (C=O) groups is 1. The summed E-state index contributed by atoms with van der Waals surface area (Å²) >= 11 is 3.24. The number of rotatable bonds is 6. The van der Waals surface area contributed by atoms with Gasteiger partial charge in [-0.25, -0.2) is 0 Å². The van der Waals surface area contributed by atoms with Crippen molar-refractivity contribution in [2.45, 2.75) is 13.0 Å². The second-order valence-corrected chi connectivity index (χ2v) is 4.26. The molecule has 0 saturated carbocycles. The average Bonchev–Trinajstić information content (AvgIpc) is 2.30. The van der Waals surface area contributed by atoms with E-state index in [1.807, 2.05) is 30.3 Å². The van der Waals surface area contributed by atoms with Crippen molar-refractivity contribution in [3.05, 3.63) is 35.9 Å². The van der Waals surface area contributed by atoms with Crippen molar-refractivity contribution in [3.63, 3.8) is 0 Å². The van der Waals surface area contributed by atoms with Gasteiger partial charge in [0.25, 0.3) is 0 Å².